The summed E-state index contributed by atoms with van der Waals surface area (Å²) in [5.41, 5.74) is 1.75. The number of rotatable bonds is 6. The first-order valence-corrected chi connectivity index (χ1v) is 8.18. The van der Waals surface area contributed by atoms with Gasteiger partial charge < -0.3 is 14.9 Å². The van der Waals surface area contributed by atoms with Gasteiger partial charge in [0.15, 0.2) is 0 Å². The Morgan fingerprint density at radius 2 is 2.16 bits per heavy atom. The molecule has 5 nitrogen and oxygen atoms in total. The first-order valence-electron chi connectivity index (χ1n) is 8.18. The summed E-state index contributed by atoms with van der Waals surface area (Å²) >= 11 is 0. The van der Waals surface area contributed by atoms with E-state index >= 15 is 0 Å². The average Bonchev–Trinajstić information content (AvgIpc) is 3.11. The molecule has 0 fully saturated rings. The second-order valence-corrected chi connectivity index (χ2v) is 5.68. The Morgan fingerprint density at radius 1 is 1.32 bits per heavy atom. The molecule has 0 spiro atoms. The molecular formula is C19H19FN2O3. The number of hydrogen-bond acceptors (Lipinski definition) is 4. The maximum Gasteiger partial charge on any atom is 0.268 e. The van der Waals surface area contributed by atoms with E-state index in [1.165, 1.54) is 12.1 Å². The zero-order chi connectivity index (χ0) is 17.6. The number of benzene rings is 2. The van der Waals surface area contributed by atoms with Crippen LogP contribution in [0, 0.1) is 5.82 Å². The fourth-order valence-corrected chi connectivity index (χ4v) is 2.48. The van der Waals surface area contributed by atoms with Crippen LogP contribution in [-0.4, -0.2) is 24.3 Å². The Labute approximate surface area is 145 Å². The maximum absolute atomic E-state index is 13.3. The van der Waals surface area contributed by atoms with E-state index in [2.05, 4.69) is 10.5 Å². The first-order chi connectivity index (χ1) is 12.2. The van der Waals surface area contributed by atoms with E-state index in [9.17, 15) is 9.18 Å². The molecule has 0 saturated heterocycles. The highest BCUT2D eigenvalue weighted by Crippen LogP contribution is 2.25. The third-order valence-corrected chi connectivity index (χ3v) is 3.73. The molecule has 0 radical (unpaired) electrons. The topological polar surface area (TPSA) is 59.9 Å². The molecule has 25 heavy (non-hydrogen) atoms. The van der Waals surface area contributed by atoms with E-state index in [1.54, 1.807) is 24.3 Å². The minimum atomic E-state index is -0.752. The molecule has 1 atom stereocenters. The van der Waals surface area contributed by atoms with Gasteiger partial charge in [-0.1, -0.05) is 36.3 Å². The number of anilines is 1. The SMILES string of the molecule is CCCOc1ccccc1NC(=O)[C@@H]1CC(c2cccc(F)c2)=NO1. The molecule has 0 aromatic heterocycles. The Balaban J connectivity index is 1.64. The monoisotopic (exact) mass is 342 g/mol. The van der Waals surface area contributed by atoms with E-state index in [1.807, 2.05) is 19.1 Å². The van der Waals surface area contributed by atoms with Gasteiger partial charge in [0, 0.05) is 12.0 Å². The minimum absolute atomic E-state index is 0.285. The second-order valence-electron chi connectivity index (χ2n) is 5.68. The number of nitrogens with one attached hydrogen (secondary N) is 1. The number of carbonyl (C=O) groups excluding carboxylic acids is 1. The van der Waals surface area contributed by atoms with Crippen LogP contribution in [0.4, 0.5) is 10.1 Å². The number of ether oxygens (including phenoxy) is 1. The average molecular weight is 342 g/mol. The van der Waals surface area contributed by atoms with E-state index in [0.717, 1.165) is 6.42 Å². The summed E-state index contributed by atoms with van der Waals surface area (Å²) in [5, 5.41) is 6.73. The maximum atomic E-state index is 13.3. The van der Waals surface area contributed by atoms with Crippen molar-refractivity contribution < 1.29 is 18.8 Å². The second kappa shape index (κ2) is 7.79. The van der Waals surface area contributed by atoms with Crippen molar-refractivity contribution in [2.45, 2.75) is 25.9 Å². The zero-order valence-corrected chi connectivity index (χ0v) is 13.9. The zero-order valence-electron chi connectivity index (χ0n) is 13.9. The lowest BCUT2D eigenvalue weighted by Crippen LogP contribution is -2.28. The molecule has 0 unspecified atom stereocenters. The van der Waals surface area contributed by atoms with Crippen LogP contribution in [0.15, 0.2) is 53.7 Å². The molecule has 1 aliphatic rings. The van der Waals surface area contributed by atoms with Gasteiger partial charge in [-0.15, -0.1) is 0 Å². The molecule has 1 N–H and O–H groups in total. The van der Waals surface area contributed by atoms with Crippen molar-refractivity contribution in [3.8, 4) is 5.75 Å². The fourth-order valence-electron chi connectivity index (χ4n) is 2.48. The van der Waals surface area contributed by atoms with Gasteiger partial charge in [0.2, 0.25) is 6.10 Å². The van der Waals surface area contributed by atoms with E-state index < -0.39 is 6.10 Å². The van der Waals surface area contributed by atoms with Crippen LogP contribution in [0.2, 0.25) is 0 Å². The van der Waals surface area contributed by atoms with E-state index in [-0.39, 0.29) is 18.1 Å². The number of nitrogens with zero attached hydrogens (tertiary/aromatic N) is 1. The van der Waals surface area contributed by atoms with Crippen LogP contribution in [0.5, 0.6) is 5.75 Å². The lowest BCUT2D eigenvalue weighted by molar-refractivity contribution is -0.125. The van der Waals surface area contributed by atoms with Crippen molar-refractivity contribution >= 4 is 17.3 Å². The Hall–Kier alpha value is -2.89. The molecule has 0 bridgehead atoms. The number of para-hydroxylation sites is 2. The minimum Gasteiger partial charge on any atom is -0.491 e. The lowest BCUT2D eigenvalue weighted by atomic mass is 10.0. The highest BCUT2D eigenvalue weighted by atomic mass is 19.1. The number of carbonyl (C=O) groups is 1. The van der Waals surface area contributed by atoms with Crippen molar-refractivity contribution in [3.63, 3.8) is 0 Å². The van der Waals surface area contributed by atoms with Crippen molar-refractivity contribution in [1.29, 1.82) is 0 Å². The van der Waals surface area contributed by atoms with Crippen molar-refractivity contribution in [3.05, 3.63) is 59.9 Å². The summed E-state index contributed by atoms with van der Waals surface area (Å²) in [5.74, 6) is -0.0558. The highest BCUT2D eigenvalue weighted by Gasteiger charge is 2.29. The number of hydrogen-bond donors (Lipinski definition) is 1. The van der Waals surface area contributed by atoms with Crippen LogP contribution in [-0.2, 0) is 9.63 Å². The molecule has 0 aliphatic carbocycles. The summed E-state index contributed by atoms with van der Waals surface area (Å²) in [4.78, 5) is 17.7. The van der Waals surface area contributed by atoms with Crippen LogP contribution < -0.4 is 10.1 Å². The molecule has 6 heteroatoms. The molecule has 1 aliphatic heterocycles. The highest BCUT2D eigenvalue weighted by molar-refractivity contribution is 6.06. The van der Waals surface area contributed by atoms with Crippen molar-refractivity contribution in [1.82, 2.24) is 0 Å². The van der Waals surface area contributed by atoms with Gasteiger partial charge in [0.05, 0.1) is 18.0 Å². The lowest BCUT2D eigenvalue weighted by Gasteiger charge is -2.13. The third kappa shape index (κ3) is 4.15. The molecule has 2 aromatic carbocycles. The standard InChI is InChI=1S/C19H19FN2O3/c1-2-10-24-17-9-4-3-8-15(17)21-19(23)18-12-16(22-25-18)13-6-5-7-14(20)11-13/h3-9,11,18H,2,10,12H2,1H3,(H,21,23)/t18-/m0/s1. The summed E-state index contributed by atoms with van der Waals surface area (Å²) < 4.78 is 18.9. The van der Waals surface area contributed by atoms with Gasteiger partial charge in [0.25, 0.3) is 5.91 Å². The van der Waals surface area contributed by atoms with E-state index in [4.69, 9.17) is 9.57 Å². The summed E-state index contributed by atoms with van der Waals surface area (Å²) in [6, 6.07) is 13.3. The molecule has 2 aromatic rings. The fraction of sp³-hybridized carbons (Fsp3) is 0.263. The van der Waals surface area contributed by atoms with Gasteiger partial charge in [0.1, 0.15) is 11.6 Å². The van der Waals surface area contributed by atoms with Gasteiger partial charge in [-0.2, -0.15) is 0 Å². The molecular weight excluding hydrogens is 323 g/mol. The predicted octanol–water partition coefficient (Wildman–Crippen LogP) is 3.75. The van der Waals surface area contributed by atoms with Gasteiger partial charge in [-0.3, -0.25) is 4.79 Å². The molecule has 1 heterocycles. The van der Waals surface area contributed by atoms with Crippen LogP contribution in [0.1, 0.15) is 25.3 Å². The largest absolute Gasteiger partial charge is 0.491 e. The molecule has 1 amide bonds. The number of oxime groups is 1. The number of halogens is 1. The quantitative estimate of drug-likeness (QED) is 0.870. The van der Waals surface area contributed by atoms with Crippen LogP contribution >= 0.6 is 0 Å². The van der Waals surface area contributed by atoms with Gasteiger partial charge >= 0.3 is 0 Å². The Kier molecular flexibility index (Phi) is 5.28. The summed E-state index contributed by atoms with van der Waals surface area (Å²) in [7, 11) is 0. The first kappa shape index (κ1) is 17.0. The smallest absolute Gasteiger partial charge is 0.268 e. The third-order valence-electron chi connectivity index (χ3n) is 3.73. The normalized spacial score (nSPS) is 16.1. The van der Waals surface area contributed by atoms with Crippen LogP contribution in [0.3, 0.4) is 0 Å². The van der Waals surface area contributed by atoms with Crippen molar-refractivity contribution in [2.75, 3.05) is 11.9 Å². The Bertz CT molecular complexity index is 792. The van der Waals surface area contributed by atoms with Gasteiger partial charge in [-0.25, -0.2) is 4.39 Å². The van der Waals surface area contributed by atoms with Gasteiger partial charge in [-0.05, 0) is 30.7 Å². The van der Waals surface area contributed by atoms with Crippen LogP contribution in [0.25, 0.3) is 0 Å². The number of amides is 1. The Morgan fingerprint density at radius 3 is 2.96 bits per heavy atom. The molecule has 3 rings (SSSR count). The van der Waals surface area contributed by atoms with E-state index in [0.29, 0.717) is 29.3 Å². The predicted molar refractivity (Wildman–Crippen MR) is 93.3 cm³/mol. The summed E-state index contributed by atoms with van der Waals surface area (Å²) in [6.07, 6.45) is 0.407. The molecule has 0 saturated carbocycles. The van der Waals surface area contributed by atoms with Crippen molar-refractivity contribution in [2.24, 2.45) is 5.16 Å². The molecule has 130 valence electrons. The summed E-state index contributed by atoms with van der Waals surface area (Å²) in [6.45, 7) is 2.58.